The number of benzene rings is 1. The van der Waals surface area contributed by atoms with Gasteiger partial charge in [0.15, 0.2) is 12.0 Å². The van der Waals surface area contributed by atoms with E-state index in [1.165, 1.54) is 43.5 Å². The van der Waals surface area contributed by atoms with E-state index in [0.29, 0.717) is 12.0 Å². The topological polar surface area (TPSA) is 73.6 Å². The molecule has 0 spiro atoms. The van der Waals surface area contributed by atoms with Crippen LogP contribution in [0.25, 0.3) is 0 Å². The summed E-state index contributed by atoms with van der Waals surface area (Å²) in [6, 6.07) is 8.47. The first-order valence-electron chi connectivity index (χ1n) is 5.02. The molecule has 0 saturated carbocycles. The zero-order chi connectivity index (χ0) is 13.2. The van der Waals surface area contributed by atoms with Crippen LogP contribution in [-0.2, 0) is 9.84 Å². The second-order valence-electron chi connectivity index (χ2n) is 3.45. The van der Waals surface area contributed by atoms with Crippen molar-refractivity contribution in [3.05, 3.63) is 42.2 Å². The molecule has 0 aliphatic heterocycles. The lowest BCUT2D eigenvalue weighted by atomic mass is 10.3. The van der Waals surface area contributed by atoms with Gasteiger partial charge in [0.25, 0.3) is 0 Å². The number of furan rings is 1. The summed E-state index contributed by atoms with van der Waals surface area (Å²) in [6.45, 7) is 0. The second kappa shape index (κ2) is 4.66. The van der Waals surface area contributed by atoms with Crippen molar-refractivity contribution in [3.63, 3.8) is 0 Å². The fourth-order valence-electron chi connectivity index (χ4n) is 1.41. The first kappa shape index (κ1) is 12.4. The van der Waals surface area contributed by atoms with E-state index in [1.54, 1.807) is 0 Å². The normalized spacial score (nSPS) is 11.2. The number of ether oxygens (including phenoxy) is 1. The number of carbonyl (C=O) groups excluding carboxylic acids is 1. The number of sulfone groups is 1. The number of aldehydes is 1. The molecule has 0 bridgehead atoms. The number of hydrogen-bond donors (Lipinski definition) is 0. The molecule has 5 nitrogen and oxygen atoms in total. The van der Waals surface area contributed by atoms with Gasteiger partial charge in [0, 0.05) is 0 Å². The van der Waals surface area contributed by atoms with Gasteiger partial charge >= 0.3 is 0 Å². The average Bonchev–Trinajstić information content (AvgIpc) is 2.88. The Bertz CT molecular complexity index is 652. The van der Waals surface area contributed by atoms with Gasteiger partial charge in [-0.3, -0.25) is 4.79 Å². The van der Waals surface area contributed by atoms with Crippen LogP contribution in [-0.4, -0.2) is 21.8 Å². The van der Waals surface area contributed by atoms with Gasteiger partial charge in [0.05, 0.1) is 12.0 Å². The molecule has 2 rings (SSSR count). The smallest absolute Gasteiger partial charge is 0.239 e. The molecule has 0 amide bonds. The van der Waals surface area contributed by atoms with E-state index < -0.39 is 9.84 Å². The molecule has 6 heteroatoms. The molecule has 0 unspecified atom stereocenters. The lowest BCUT2D eigenvalue weighted by molar-refractivity contribution is 0.109. The van der Waals surface area contributed by atoms with E-state index in [9.17, 15) is 13.2 Å². The molecule has 0 N–H and O–H groups in total. The van der Waals surface area contributed by atoms with Crippen molar-refractivity contribution in [1.82, 2.24) is 0 Å². The van der Waals surface area contributed by atoms with Crippen molar-refractivity contribution in [2.24, 2.45) is 0 Å². The number of rotatable bonds is 4. The van der Waals surface area contributed by atoms with Crippen molar-refractivity contribution < 1.29 is 22.4 Å². The highest BCUT2D eigenvalue weighted by Gasteiger charge is 2.21. The largest absolute Gasteiger partial charge is 0.497 e. The van der Waals surface area contributed by atoms with Crippen molar-refractivity contribution >= 4 is 16.1 Å². The number of hydrogen-bond acceptors (Lipinski definition) is 5. The van der Waals surface area contributed by atoms with Crippen LogP contribution in [0.5, 0.6) is 5.75 Å². The van der Waals surface area contributed by atoms with Crippen molar-refractivity contribution in [2.45, 2.75) is 9.99 Å². The Morgan fingerprint density at radius 2 is 1.78 bits per heavy atom. The maximum Gasteiger partial charge on any atom is 0.239 e. The van der Waals surface area contributed by atoms with Crippen molar-refractivity contribution in [1.29, 1.82) is 0 Å². The summed E-state index contributed by atoms with van der Waals surface area (Å²) in [5.41, 5.74) is 0. The lowest BCUT2D eigenvalue weighted by Gasteiger charge is -2.02. The minimum Gasteiger partial charge on any atom is -0.497 e. The third-order valence-electron chi connectivity index (χ3n) is 2.35. The van der Waals surface area contributed by atoms with Crippen LogP contribution in [0.4, 0.5) is 0 Å². The lowest BCUT2D eigenvalue weighted by Crippen LogP contribution is -2.00. The molecule has 18 heavy (non-hydrogen) atoms. The van der Waals surface area contributed by atoms with Gasteiger partial charge in [-0.1, -0.05) is 0 Å². The van der Waals surface area contributed by atoms with Crippen LogP contribution < -0.4 is 4.74 Å². The minimum atomic E-state index is -3.73. The van der Waals surface area contributed by atoms with Gasteiger partial charge in [-0.05, 0) is 36.4 Å². The highest BCUT2D eigenvalue weighted by molar-refractivity contribution is 7.91. The highest BCUT2D eigenvalue weighted by Crippen LogP contribution is 2.24. The fourth-order valence-corrected chi connectivity index (χ4v) is 2.59. The Hall–Kier alpha value is -2.08. The number of methoxy groups -OCH3 is 1. The highest BCUT2D eigenvalue weighted by atomic mass is 32.2. The molecule has 1 heterocycles. The summed E-state index contributed by atoms with van der Waals surface area (Å²) in [7, 11) is -2.24. The Balaban J connectivity index is 2.43. The number of carbonyl (C=O) groups is 1. The molecule has 0 aliphatic rings. The molecule has 0 aliphatic carbocycles. The summed E-state index contributed by atoms with van der Waals surface area (Å²) < 4.78 is 34.1. The molecular weight excluding hydrogens is 256 g/mol. The average molecular weight is 266 g/mol. The maximum absolute atomic E-state index is 12.1. The maximum atomic E-state index is 12.1. The molecule has 1 aromatic carbocycles. The Labute approximate surface area is 104 Å². The van der Waals surface area contributed by atoms with Crippen molar-refractivity contribution in [2.75, 3.05) is 7.11 Å². The Kier molecular flexibility index (Phi) is 3.20. The van der Waals surface area contributed by atoms with Gasteiger partial charge in [-0.15, -0.1) is 0 Å². The quantitative estimate of drug-likeness (QED) is 0.790. The van der Waals surface area contributed by atoms with E-state index in [2.05, 4.69) is 0 Å². The van der Waals surface area contributed by atoms with Gasteiger partial charge in [0.2, 0.25) is 14.9 Å². The summed E-state index contributed by atoms with van der Waals surface area (Å²) >= 11 is 0. The molecule has 0 saturated heterocycles. The summed E-state index contributed by atoms with van der Waals surface area (Å²) in [6.07, 6.45) is 0.451. The second-order valence-corrected chi connectivity index (χ2v) is 5.33. The molecule has 0 radical (unpaired) electrons. The molecule has 94 valence electrons. The molecule has 1 aromatic heterocycles. The molecule has 0 fully saturated rings. The fraction of sp³-hybridized carbons (Fsp3) is 0.0833. The third-order valence-corrected chi connectivity index (χ3v) is 3.99. The summed E-state index contributed by atoms with van der Waals surface area (Å²) in [5.74, 6) is 0.532. The SMILES string of the molecule is COc1ccc(S(=O)(=O)c2ccc(C=O)o2)cc1. The van der Waals surface area contributed by atoms with Crippen LogP contribution >= 0.6 is 0 Å². The zero-order valence-corrected chi connectivity index (χ0v) is 10.3. The monoisotopic (exact) mass is 266 g/mol. The third kappa shape index (κ3) is 2.14. The van der Waals surface area contributed by atoms with E-state index in [4.69, 9.17) is 9.15 Å². The predicted octanol–water partition coefficient (Wildman–Crippen LogP) is 1.93. The van der Waals surface area contributed by atoms with Crippen LogP contribution in [0.1, 0.15) is 10.6 Å². The molecule has 2 aromatic rings. The first-order chi connectivity index (χ1) is 8.57. The van der Waals surface area contributed by atoms with E-state index in [-0.39, 0.29) is 15.7 Å². The van der Waals surface area contributed by atoms with Crippen LogP contribution in [0.3, 0.4) is 0 Å². The van der Waals surface area contributed by atoms with Crippen LogP contribution in [0.15, 0.2) is 50.8 Å². The van der Waals surface area contributed by atoms with Gasteiger partial charge in [0.1, 0.15) is 5.75 Å². The van der Waals surface area contributed by atoms with Crippen molar-refractivity contribution in [3.8, 4) is 5.75 Å². The van der Waals surface area contributed by atoms with Gasteiger partial charge < -0.3 is 9.15 Å². The van der Waals surface area contributed by atoms with E-state index in [1.807, 2.05) is 0 Å². The van der Waals surface area contributed by atoms with Crippen LogP contribution in [0, 0.1) is 0 Å². The van der Waals surface area contributed by atoms with Crippen LogP contribution in [0.2, 0.25) is 0 Å². The Morgan fingerprint density at radius 1 is 1.11 bits per heavy atom. The first-order valence-corrected chi connectivity index (χ1v) is 6.50. The predicted molar refractivity (Wildman–Crippen MR) is 62.5 cm³/mol. The van der Waals surface area contributed by atoms with E-state index in [0.717, 1.165) is 0 Å². The van der Waals surface area contributed by atoms with Gasteiger partial charge in [-0.2, -0.15) is 0 Å². The Morgan fingerprint density at radius 3 is 2.28 bits per heavy atom. The molecule has 0 atom stereocenters. The van der Waals surface area contributed by atoms with Gasteiger partial charge in [-0.25, -0.2) is 8.42 Å². The zero-order valence-electron chi connectivity index (χ0n) is 9.49. The summed E-state index contributed by atoms with van der Waals surface area (Å²) in [5, 5.41) is -0.255. The molecular formula is C12H10O5S. The minimum absolute atomic E-state index is 0.0258. The standard InChI is InChI=1S/C12H10O5S/c1-16-9-2-5-11(6-3-9)18(14,15)12-7-4-10(8-13)17-12/h2-8H,1H3. The summed E-state index contributed by atoms with van der Waals surface area (Å²) in [4.78, 5) is 10.5. The van der Waals surface area contributed by atoms with E-state index >= 15 is 0 Å².